The summed E-state index contributed by atoms with van der Waals surface area (Å²) in [6.07, 6.45) is 1.55. The maximum atomic E-state index is 11.8. The van der Waals surface area contributed by atoms with Gasteiger partial charge in [-0.25, -0.2) is 5.43 Å². The van der Waals surface area contributed by atoms with Gasteiger partial charge in [0.2, 0.25) is 0 Å². The highest BCUT2D eigenvalue weighted by Crippen LogP contribution is 2.21. The van der Waals surface area contributed by atoms with E-state index in [9.17, 15) is 4.79 Å². The van der Waals surface area contributed by atoms with Crippen molar-refractivity contribution in [2.24, 2.45) is 5.10 Å². The maximum Gasteiger partial charge on any atom is 0.259 e. The second kappa shape index (κ2) is 8.33. The van der Waals surface area contributed by atoms with Gasteiger partial charge in [0.25, 0.3) is 5.91 Å². The van der Waals surface area contributed by atoms with Gasteiger partial charge >= 0.3 is 0 Å². The number of methoxy groups -OCH3 is 1. The number of ether oxygens (including phenoxy) is 1. The standard InChI is InChI=1S/C17H18BrN3O2/c1-12-5-3-4-6-15(12)19-11-17(22)21-20-10-13-9-14(18)7-8-16(13)23-2/h3-10,19H,11H2,1-2H3,(H,21,22)/b20-10+. The molecular weight excluding hydrogens is 358 g/mol. The Morgan fingerprint density at radius 3 is 2.83 bits per heavy atom. The Morgan fingerprint density at radius 2 is 2.09 bits per heavy atom. The molecule has 2 aromatic carbocycles. The minimum atomic E-state index is -0.224. The van der Waals surface area contributed by atoms with Gasteiger partial charge in [-0.15, -0.1) is 0 Å². The lowest BCUT2D eigenvalue weighted by Gasteiger charge is -2.08. The molecule has 0 aliphatic heterocycles. The van der Waals surface area contributed by atoms with E-state index in [0.717, 1.165) is 21.3 Å². The second-order valence-corrected chi connectivity index (χ2v) is 5.76. The van der Waals surface area contributed by atoms with Crippen molar-refractivity contribution < 1.29 is 9.53 Å². The largest absolute Gasteiger partial charge is 0.496 e. The molecular formula is C17H18BrN3O2. The van der Waals surface area contributed by atoms with Gasteiger partial charge in [-0.05, 0) is 36.8 Å². The average Bonchev–Trinajstić information content (AvgIpc) is 2.54. The molecule has 0 aromatic heterocycles. The van der Waals surface area contributed by atoms with Crippen molar-refractivity contribution in [1.29, 1.82) is 0 Å². The Bertz CT molecular complexity index is 717. The van der Waals surface area contributed by atoms with Gasteiger partial charge in [0.05, 0.1) is 19.9 Å². The number of amides is 1. The van der Waals surface area contributed by atoms with Crippen molar-refractivity contribution in [2.75, 3.05) is 19.0 Å². The molecule has 2 N–H and O–H groups in total. The summed E-state index contributed by atoms with van der Waals surface area (Å²) in [6.45, 7) is 2.13. The first-order valence-electron chi connectivity index (χ1n) is 7.05. The van der Waals surface area contributed by atoms with Crippen LogP contribution >= 0.6 is 15.9 Å². The average molecular weight is 376 g/mol. The van der Waals surface area contributed by atoms with Crippen molar-refractivity contribution in [3.8, 4) is 5.75 Å². The molecule has 120 valence electrons. The van der Waals surface area contributed by atoms with Gasteiger partial charge < -0.3 is 10.1 Å². The first-order valence-corrected chi connectivity index (χ1v) is 7.84. The van der Waals surface area contributed by atoms with Crippen molar-refractivity contribution in [2.45, 2.75) is 6.92 Å². The van der Waals surface area contributed by atoms with E-state index in [0.29, 0.717) is 5.75 Å². The molecule has 0 heterocycles. The van der Waals surface area contributed by atoms with Crippen molar-refractivity contribution in [3.63, 3.8) is 0 Å². The first kappa shape index (κ1) is 17.0. The predicted molar refractivity (Wildman–Crippen MR) is 96.1 cm³/mol. The molecule has 0 spiro atoms. The summed E-state index contributed by atoms with van der Waals surface area (Å²) in [5.41, 5.74) is 5.28. The number of hydrazone groups is 1. The van der Waals surface area contributed by atoms with E-state index in [-0.39, 0.29) is 12.5 Å². The summed E-state index contributed by atoms with van der Waals surface area (Å²) in [5, 5.41) is 7.04. The van der Waals surface area contributed by atoms with Crippen LogP contribution in [0.25, 0.3) is 0 Å². The van der Waals surface area contributed by atoms with Crippen LogP contribution in [-0.2, 0) is 4.79 Å². The van der Waals surface area contributed by atoms with Gasteiger partial charge in [0, 0.05) is 15.7 Å². The van der Waals surface area contributed by atoms with Crippen LogP contribution in [0.15, 0.2) is 52.0 Å². The monoisotopic (exact) mass is 375 g/mol. The summed E-state index contributed by atoms with van der Waals surface area (Å²) in [7, 11) is 1.59. The van der Waals surface area contributed by atoms with Gasteiger partial charge in [-0.2, -0.15) is 5.10 Å². The molecule has 0 fully saturated rings. The molecule has 0 aliphatic rings. The number of hydrogen-bond donors (Lipinski definition) is 2. The quantitative estimate of drug-likeness (QED) is 0.601. The lowest BCUT2D eigenvalue weighted by Crippen LogP contribution is -2.26. The fourth-order valence-electron chi connectivity index (χ4n) is 1.97. The zero-order valence-electron chi connectivity index (χ0n) is 13.0. The number of halogens is 1. The minimum Gasteiger partial charge on any atom is -0.496 e. The summed E-state index contributed by atoms with van der Waals surface area (Å²) in [5.74, 6) is 0.461. The number of anilines is 1. The molecule has 0 radical (unpaired) electrons. The molecule has 1 amide bonds. The number of benzene rings is 2. The van der Waals surface area contributed by atoms with E-state index in [1.54, 1.807) is 13.3 Å². The van der Waals surface area contributed by atoms with Gasteiger partial charge in [-0.1, -0.05) is 34.1 Å². The smallest absolute Gasteiger partial charge is 0.259 e. The number of nitrogens with zero attached hydrogens (tertiary/aromatic N) is 1. The molecule has 5 nitrogen and oxygen atoms in total. The number of carbonyl (C=O) groups is 1. The zero-order valence-corrected chi connectivity index (χ0v) is 14.6. The van der Waals surface area contributed by atoms with Crippen molar-refractivity contribution in [1.82, 2.24) is 5.43 Å². The highest BCUT2D eigenvalue weighted by atomic mass is 79.9. The Labute approximate surface area is 143 Å². The maximum absolute atomic E-state index is 11.8. The van der Waals surface area contributed by atoms with Crippen molar-refractivity contribution >= 4 is 33.7 Å². The minimum absolute atomic E-state index is 0.151. The highest BCUT2D eigenvalue weighted by molar-refractivity contribution is 9.10. The van der Waals surface area contributed by atoms with Crippen LogP contribution in [0.3, 0.4) is 0 Å². The Morgan fingerprint density at radius 1 is 1.30 bits per heavy atom. The van der Waals surface area contributed by atoms with E-state index in [1.165, 1.54) is 0 Å². The normalized spacial score (nSPS) is 10.6. The molecule has 0 saturated carbocycles. The number of nitrogens with one attached hydrogen (secondary N) is 2. The topological polar surface area (TPSA) is 62.7 Å². The fraction of sp³-hybridized carbons (Fsp3) is 0.176. The molecule has 0 unspecified atom stereocenters. The third-order valence-electron chi connectivity index (χ3n) is 3.17. The van der Waals surface area contributed by atoms with Gasteiger partial charge in [0.15, 0.2) is 0 Å². The zero-order chi connectivity index (χ0) is 16.7. The molecule has 2 rings (SSSR count). The first-order chi connectivity index (χ1) is 11.1. The Hall–Kier alpha value is -2.34. The van der Waals surface area contributed by atoms with E-state index in [2.05, 4.69) is 31.8 Å². The summed E-state index contributed by atoms with van der Waals surface area (Å²) in [6, 6.07) is 13.4. The molecule has 0 aliphatic carbocycles. The summed E-state index contributed by atoms with van der Waals surface area (Å²) < 4.78 is 6.15. The van der Waals surface area contributed by atoms with Crippen LogP contribution in [0.1, 0.15) is 11.1 Å². The van der Waals surface area contributed by atoms with E-state index in [1.807, 2.05) is 49.4 Å². The predicted octanol–water partition coefficient (Wildman–Crippen LogP) is 3.33. The number of para-hydroxylation sites is 1. The van der Waals surface area contributed by atoms with Crippen LogP contribution in [0.4, 0.5) is 5.69 Å². The van der Waals surface area contributed by atoms with Gasteiger partial charge in [-0.3, -0.25) is 4.79 Å². The highest BCUT2D eigenvalue weighted by Gasteiger charge is 2.03. The van der Waals surface area contributed by atoms with Crippen LogP contribution in [0.2, 0.25) is 0 Å². The number of carbonyl (C=O) groups excluding carboxylic acids is 1. The molecule has 6 heteroatoms. The third kappa shape index (κ3) is 5.10. The number of hydrogen-bond acceptors (Lipinski definition) is 4. The third-order valence-corrected chi connectivity index (χ3v) is 3.66. The number of aryl methyl sites for hydroxylation is 1. The van der Waals surface area contributed by atoms with Crippen molar-refractivity contribution in [3.05, 3.63) is 58.1 Å². The lowest BCUT2D eigenvalue weighted by atomic mass is 10.2. The van der Waals surface area contributed by atoms with E-state index < -0.39 is 0 Å². The molecule has 0 bridgehead atoms. The second-order valence-electron chi connectivity index (χ2n) is 4.85. The van der Waals surface area contributed by atoms with Crippen LogP contribution < -0.4 is 15.5 Å². The van der Waals surface area contributed by atoms with Crippen LogP contribution in [-0.4, -0.2) is 25.8 Å². The van der Waals surface area contributed by atoms with Crippen LogP contribution in [0, 0.1) is 6.92 Å². The van der Waals surface area contributed by atoms with E-state index in [4.69, 9.17) is 4.74 Å². The summed E-state index contributed by atoms with van der Waals surface area (Å²) >= 11 is 3.39. The Balaban J connectivity index is 1.89. The van der Waals surface area contributed by atoms with E-state index >= 15 is 0 Å². The van der Waals surface area contributed by atoms with Gasteiger partial charge in [0.1, 0.15) is 5.75 Å². The lowest BCUT2D eigenvalue weighted by molar-refractivity contribution is -0.119. The van der Waals surface area contributed by atoms with Crippen LogP contribution in [0.5, 0.6) is 5.75 Å². The molecule has 0 saturated heterocycles. The fourth-order valence-corrected chi connectivity index (χ4v) is 2.34. The molecule has 23 heavy (non-hydrogen) atoms. The Kier molecular flexibility index (Phi) is 6.17. The number of rotatable bonds is 6. The molecule has 2 aromatic rings. The summed E-state index contributed by atoms with van der Waals surface area (Å²) in [4.78, 5) is 11.8. The SMILES string of the molecule is COc1ccc(Br)cc1/C=N/NC(=O)CNc1ccccc1C. The molecule has 0 atom stereocenters.